The fourth-order valence-electron chi connectivity index (χ4n) is 4.18. The molecule has 0 amide bonds. The minimum atomic E-state index is -4.08. The molecule has 1 saturated carbocycles. The molecule has 32 heavy (non-hydrogen) atoms. The van der Waals surface area contributed by atoms with Gasteiger partial charge in [0.1, 0.15) is 17.8 Å². The minimum Gasteiger partial charge on any atom is -0.393 e. The number of anilines is 1. The van der Waals surface area contributed by atoms with E-state index in [1.54, 1.807) is 16.9 Å². The van der Waals surface area contributed by atoms with E-state index in [1.165, 1.54) is 12.5 Å². The summed E-state index contributed by atoms with van der Waals surface area (Å²) < 4.78 is 28.4. The van der Waals surface area contributed by atoms with E-state index in [1.807, 2.05) is 0 Å². The predicted molar refractivity (Wildman–Crippen MR) is 115 cm³/mol. The summed E-state index contributed by atoms with van der Waals surface area (Å²) in [6.07, 6.45) is 11.9. The first-order chi connectivity index (χ1) is 15.3. The first-order valence-corrected chi connectivity index (χ1v) is 12.0. The Balaban J connectivity index is 1.45. The number of hydrogen-bond donors (Lipinski definition) is 3. The molecule has 1 unspecified atom stereocenters. The molecule has 0 aromatic carbocycles. The zero-order chi connectivity index (χ0) is 22.7. The summed E-state index contributed by atoms with van der Waals surface area (Å²) in [7, 11) is -4.08. The molecule has 2 aromatic heterocycles. The second-order valence-electron chi connectivity index (χ2n) is 8.14. The molecule has 4 N–H and O–H groups in total. The molecule has 12 heteroatoms. The molecule has 2 heterocycles. The Hall–Kier alpha value is -2.67. The first-order valence-electron chi connectivity index (χ1n) is 10.5. The molecule has 2 aromatic rings. The molecule has 4 atom stereocenters. The fraction of sp³-hybridized carbons (Fsp3) is 0.500. The summed E-state index contributed by atoms with van der Waals surface area (Å²) in [6.45, 7) is -0.208. The van der Waals surface area contributed by atoms with Crippen LogP contribution in [0.5, 0.6) is 0 Å². The Kier molecular flexibility index (Phi) is 6.65. The number of aliphatic hydroxyl groups excluding tert-OH is 1. The lowest BCUT2D eigenvalue weighted by Crippen LogP contribution is -2.24. The predicted octanol–water partition coefficient (Wildman–Crippen LogP) is 0.957. The molecule has 1 fully saturated rings. The Morgan fingerprint density at radius 1 is 1.38 bits per heavy atom. The number of nitrogens with two attached hydrogens (primary N) is 1. The van der Waals surface area contributed by atoms with E-state index in [0.29, 0.717) is 24.4 Å². The van der Waals surface area contributed by atoms with Gasteiger partial charge in [-0.3, -0.25) is 13.7 Å². The number of nitrogens with one attached hydrogen (secondary N) is 1. The van der Waals surface area contributed by atoms with E-state index >= 15 is 0 Å². The fourth-order valence-corrected chi connectivity index (χ4v) is 4.55. The lowest BCUT2D eigenvalue weighted by molar-refractivity contribution is 0.101. The third kappa shape index (κ3) is 5.38. The molecular formula is C20H26N6O5S. The van der Waals surface area contributed by atoms with Gasteiger partial charge in [-0.2, -0.15) is 13.5 Å². The summed E-state index contributed by atoms with van der Waals surface area (Å²) in [5.74, 6) is -0.382. The number of rotatable bonds is 8. The zero-order valence-corrected chi connectivity index (χ0v) is 18.2. The van der Waals surface area contributed by atoms with Crippen molar-refractivity contribution in [3.05, 3.63) is 48.2 Å². The van der Waals surface area contributed by atoms with Gasteiger partial charge in [0.25, 0.3) is 0 Å². The largest absolute Gasteiger partial charge is 0.393 e. The van der Waals surface area contributed by atoms with Gasteiger partial charge in [-0.1, -0.05) is 12.2 Å². The van der Waals surface area contributed by atoms with Crippen LogP contribution in [0.15, 0.2) is 36.9 Å². The molecule has 0 bridgehead atoms. The van der Waals surface area contributed by atoms with E-state index in [9.17, 15) is 18.3 Å². The third-order valence-electron chi connectivity index (χ3n) is 5.81. The van der Waals surface area contributed by atoms with Crippen molar-refractivity contribution in [2.24, 2.45) is 11.1 Å². The van der Waals surface area contributed by atoms with Gasteiger partial charge in [0, 0.05) is 24.4 Å². The maximum atomic E-state index is 13.1. The van der Waals surface area contributed by atoms with Crippen molar-refractivity contribution < 1.29 is 22.5 Å². The highest BCUT2D eigenvalue weighted by molar-refractivity contribution is 7.84. The minimum absolute atomic E-state index is 0.145. The van der Waals surface area contributed by atoms with Crippen molar-refractivity contribution in [3.63, 3.8) is 0 Å². The van der Waals surface area contributed by atoms with E-state index in [0.717, 1.165) is 19.3 Å². The van der Waals surface area contributed by atoms with Crippen molar-refractivity contribution in [2.75, 3.05) is 11.9 Å². The summed E-state index contributed by atoms with van der Waals surface area (Å²) in [4.78, 5) is 21.3. The number of aromatic nitrogens is 4. The maximum Gasteiger partial charge on any atom is 0.333 e. The van der Waals surface area contributed by atoms with Crippen LogP contribution in [-0.2, 0) is 14.5 Å². The van der Waals surface area contributed by atoms with Crippen LogP contribution in [-0.4, -0.2) is 57.8 Å². The standard InChI is InChI=1S/C20H26N6O5S/c21-32(29,30)31-11-13-8-14(9-18(13)27)24-20-16(10-22-12-23-20)19(28)17-6-7-26(25-17)15-4-2-1-3-5-15/h2,4,6-7,10,12-15,18,27H,1,3,5,8-9,11H2,(H2,21,29,30)(H,22,23,24)/t13-,14-,15?,18+/m1/s1. The molecule has 0 aliphatic heterocycles. The molecule has 2 aliphatic carbocycles. The molecule has 4 rings (SSSR count). The zero-order valence-electron chi connectivity index (χ0n) is 17.4. The number of nitrogens with zero attached hydrogens (tertiary/aromatic N) is 4. The normalized spacial score (nSPS) is 25.7. The van der Waals surface area contributed by atoms with Gasteiger partial charge >= 0.3 is 10.3 Å². The number of ketones is 1. The van der Waals surface area contributed by atoms with Crippen molar-refractivity contribution in [1.29, 1.82) is 0 Å². The van der Waals surface area contributed by atoms with E-state index in [4.69, 9.17) is 5.14 Å². The monoisotopic (exact) mass is 462 g/mol. The van der Waals surface area contributed by atoms with Crippen molar-refractivity contribution in [2.45, 2.75) is 50.3 Å². The smallest absolute Gasteiger partial charge is 0.333 e. The highest BCUT2D eigenvalue weighted by Crippen LogP contribution is 2.30. The lowest BCUT2D eigenvalue weighted by atomic mass is 10.0. The van der Waals surface area contributed by atoms with Crippen LogP contribution in [0, 0.1) is 5.92 Å². The van der Waals surface area contributed by atoms with Gasteiger partial charge in [-0.15, -0.1) is 0 Å². The van der Waals surface area contributed by atoms with Crippen molar-refractivity contribution >= 4 is 21.9 Å². The Morgan fingerprint density at radius 2 is 2.22 bits per heavy atom. The van der Waals surface area contributed by atoms with Crippen molar-refractivity contribution in [3.8, 4) is 0 Å². The Morgan fingerprint density at radius 3 is 2.97 bits per heavy atom. The average Bonchev–Trinajstić information content (AvgIpc) is 3.39. The topological polar surface area (TPSA) is 162 Å². The molecule has 0 radical (unpaired) electrons. The van der Waals surface area contributed by atoms with Gasteiger partial charge < -0.3 is 10.4 Å². The second kappa shape index (κ2) is 9.45. The number of hydrogen-bond acceptors (Lipinski definition) is 9. The molecule has 172 valence electrons. The van der Waals surface area contributed by atoms with Crippen LogP contribution in [0.4, 0.5) is 5.82 Å². The van der Waals surface area contributed by atoms with Gasteiger partial charge in [0.05, 0.1) is 24.3 Å². The van der Waals surface area contributed by atoms with Gasteiger partial charge in [0.2, 0.25) is 5.78 Å². The van der Waals surface area contributed by atoms with Crippen LogP contribution in [0.25, 0.3) is 0 Å². The van der Waals surface area contributed by atoms with Gasteiger partial charge in [-0.25, -0.2) is 15.1 Å². The Labute approximate surface area is 186 Å². The molecular weight excluding hydrogens is 436 g/mol. The lowest BCUT2D eigenvalue weighted by Gasteiger charge is -2.16. The molecule has 11 nitrogen and oxygen atoms in total. The summed E-state index contributed by atoms with van der Waals surface area (Å²) in [5.41, 5.74) is 0.573. The number of carbonyl (C=O) groups is 1. The highest BCUT2D eigenvalue weighted by atomic mass is 32.2. The summed E-state index contributed by atoms with van der Waals surface area (Å²) in [6, 6.07) is 1.60. The Bertz CT molecular complexity index is 1100. The van der Waals surface area contributed by atoms with Crippen LogP contribution in [0.1, 0.15) is 54.2 Å². The first kappa shape index (κ1) is 22.5. The van der Waals surface area contributed by atoms with E-state index in [-0.39, 0.29) is 30.0 Å². The third-order valence-corrected chi connectivity index (χ3v) is 6.28. The number of aliphatic hydroxyl groups is 1. The molecule has 0 saturated heterocycles. The van der Waals surface area contributed by atoms with Gasteiger partial charge in [0.15, 0.2) is 0 Å². The summed E-state index contributed by atoms with van der Waals surface area (Å²) >= 11 is 0. The maximum absolute atomic E-state index is 13.1. The van der Waals surface area contributed by atoms with E-state index in [2.05, 4.69) is 36.7 Å². The second-order valence-corrected chi connectivity index (χ2v) is 9.36. The SMILES string of the molecule is NS(=O)(=O)OC[C@H]1C[C@@H](Nc2ncncc2C(=O)c2ccn(C3C=CCCC3)n2)C[C@@H]1O. The highest BCUT2D eigenvalue weighted by Gasteiger charge is 2.35. The van der Waals surface area contributed by atoms with Crippen LogP contribution in [0.3, 0.4) is 0 Å². The number of carbonyl (C=O) groups excluding carboxylic acids is 1. The summed E-state index contributed by atoms with van der Waals surface area (Å²) in [5, 5.41) is 22.7. The van der Waals surface area contributed by atoms with E-state index < -0.39 is 22.3 Å². The quantitative estimate of drug-likeness (QED) is 0.383. The van der Waals surface area contributed by atoms with Crippen molar-refractivity contribution in [1.82, 2.24) is 19.7 Å². The van der Waals surface area contributed by atoms with Crippen LogP contribution >= 0.6 is 0 Å². The number of allylic oxidation sites excluding steroid dienone is 2. The molecule has 2 aliphatic rings. The molecule has 0 spiro atoms. The average molecular weight is 463 g/mol. The van der Waals surface area contributed by atoms with Gasteiger partial charge in [-0.05, 0) is 38.2 Å². The van der Waals surface area contributed by atoms with Crippen LogP contribution < -0.4 is 10.5 Å². The van der Waals surface area contributed by atoms with Crippen LogP contribution in [0.2, 0.25) is 0 Å².